The number of alkyl halides is 6. The number of fused-ring (bicyclic) bond motifs is 1. The van der Waals surface area contributed by atoms with Crippen LogP contribution < -0.4 is 20.1 Å². The maximum absolute atomic E-state index is 14.7. The molecule has 4 rings (SSSR count). The molecule has 0 saturated carbocycles. The lowest BCUT2D eigenvalue weighted by molar-refractivity contribution is -0.127. The van der Waals surface area contributed by atoms with Gasteiger partial charge in [-0.3, -0.25) is 4.79 Å². The molecule has 0 bridgehead atoms. The molecule has 2 heterocycles. The molecular formula is C28H27F7N4O4S2. The number of anilines is 2. The van der Waals surface area contributed by atoms with Gasteiger partial charge in [-0.25, -0.2) is 21.9 Å². The van der Waals surface area contributed by atoms with Crippen LogP contribution in [0.3, 0.4) is 0 Å². The normalized spacial score (nSPS) is 17.6. The Kier molecular flexibility index (Phi) is 10.4. The lowest BCUT2D eigenvalue weighted by atomic mass is 10.0. The highest BCUT2D eigenvalue weighted by molar-refractivity contribution is 7.90. The lowest BCUT2D eigenvalue weighted by Gasteiger charge is -2.33. The third kappa shape index (κ3) is 8.70. The Hall–Kier alpha value is -3.75. The smallest absolute Gasteiger partial charge is 0.393 e. The second-order valence-electron chi connectivity index (χ2n) is 10.2. The van der Waals surface area contributed by atoms with E-state index in [1.54, 1.807) is 19.2 Å². The molecule has 3 aromatic rings. The summed E-state index contributed by atoms with van der Waals surface area (Å²) < 4.78 is 127. The topological polar surface area (TPSA) is 99.8 Å². The van der Waals surface area contributed by atoms with E-state index in [0.29, 0.717) is 35.5 Å². The van der Waals surface area contributed by atoms with Gasteiger partial charge in [0.2, 0.25) is 5.91 Å². The predicted octanol–water partition coefficient (Wildman–Crippen LogP) is 5.49. The minimum absolute atomic E-state index is 0.0607. The Bertz CT molecular complexity index is 1740. The predicted molar refractivity (Wildman–Crippen MR) is 155 cm³/mol. The van der Waals surface area contributed by atoms with E-state index in [2.05, 4.69) is 27.2 Å². The van der Waals surface area contributed by atoms with Crippen LogP contribution in [0.5, 0.6) is 5.75 Å². The van der Waals surface area contributed by atoms with E-state index >= 15 is 0 Å². The van der Waals surface area contributed by atoms with Crippen LogP contribution in [0.2, 0.25) is 0 Å². The number of carbonyl (C=O) groups is 1. The molecule has 2 atom stereocenters. The second kappa shape index (κ2) is 13.7. The first-order valence-corrected chi connectivity index (χ1v) is 15.6. The van der Waals surface area contributed by atoms with Crippen LogP contribution in [0.4, 0.5) is 42.1 Å². The number of amides is 1. The van der Waals surface area contributed by atoms with E-state index in [1.807, 2.05) is 4.90 Å². The molecule has 0 aliphatic carbocycles. The van der Waals surface area contributed by atoms with Gasteiger partial charge in [0.1, 0.15) is 16.9 Å². The van der Waals surface area contributed by atoms with Gasteiger partial charge in [-0.1, -0.05) is 24.0 Å². The van der Waals surface area contributed by atoms with Gasteiger partial charge in [0.15, 0.2) is 5.75 Å². The fourth-order valence-electron chi connectivity index (χ4n) is 4.76. The summed E-state index contributed by atoms with van der Waals surface area (Å²) in [5.41, 5.74) is -0.0666. The van der Waals surface area contributed by atoms with Crippen molar-refractivity contribution in [2.75, 3.05) is 37.3 Å². The average molecular weight is 681 g/mol. The molecule has 17 heteroatoms. The Balaban J connectivity index is 1.64. The van der Waals surface area contributed by atoms with Gasteiger partial charge in [0.25, 0.3) is 10.0 Å². The van der Waals surface area contributed by atoms with Crippen LogP contribution in [-0.4, -0.2) is 70.9 Å². The maximum atomic E-state index is 14.7. The largest absolute Gasteiger partial charge is 0.433 e. The molecule has 2 aromatic carbocycles. The van der Waals surface area contributed by atoms with Crippen LogP contribution in [0.1, 0.15) is 23.8 Å². The Labute approximate surface area is 258 Å². The number of nitrogens with one attached hydrogen (secondary N) is 3. The van der Waals surface area contributed by atoms with Crippen LogP contribution in [0.25, 0.3) is 10.1 Å². The number of carbonyl (C=O) groups excluding carboxylic acids is 1. The minimum atomic E-state index is -4.75. The van der Waals surface area contributed by atoms with E-state index in [0.717, 1.165) is 18.3 Å². The highest BCUT2D eigenvalue weighted by Gasteiger charge is 2.32. The van der Waals surface area contributed by atoms with Crippen molar-refractivity contribution in [2.45, 2.75) is 49.7 Å². The summed E-state index contributed by atoms with van der Waals surface area (Å²) in [6.45, 7) is -2.14. The number of ether oxygens (including phenoxy) is 1. The Morgan fingerprint density at radius 3 is 2.60 bits per heavy atom. The standard InChI is InChI=1S/C28H27F7N4O4S2/c1-15(40)38-45(41,42)25-12-23(43-27(31)32)22(11-18(25)29)36-9-4-7-24-17(13-28(33,34)35)16-5-3-6-21(26(16)44-24)37-20-8-10-39(2)14-19(20)30/h3,5-6,11-12,19-20,27,36-37H,8-10,13-14H2,1-2H3,(H,38,40). The molecule has 1 aliphatic rings. The van der Waals surface area contributed by atoms with Crippen molar-refractivity contribution in [3.05, 3.63) is 46.6 Å². The molecule has 1 amide bonds. The first kappa shape index (κ1) is 34.1. The summed E-state index contributed by atoms with van der Waals surface area (Å²) in [6.07, 6.45) is -6.58. The number of likely N-dealkylation sites (tertiary alicyclic amines) is 1. The van der Waals surface area contributed by atoms with Gasteiger partial charge in [-0.2, -0.15) is 22.0 Å². The van der Waals surface area contributed by atoms with Gasteiger partial charge in [0.05, 0.1) is 40.0 Å². The lowest BCUT2D eigenvalue weighted by Crippen LogP contribution is -2.46. The SMILES string of the molecule is CC(=O)NS(=O)(=O)c1cc(OC(F)F)c(NCC#Cc2sc3c(NC4CCN(C)CC4F)cccc3c2CC(F)(F)F)cc1F. The number of hydrogen-bond donors (Lipinski definition) is 3. The van der Waals surface area contributed by atoms with Gasteiger partial charge in [-0.15, -0.1) is 11.3 Å². The van der Waals surface area contributed by atoms with Gasteiger partial charge >= 0.3 is 12.8 Å². The van der Waals surface area contributed by atoms with Crippen molar-refractivity contribution in [3.63, 3.8) is 0 Å². The van der Waals surface area contributed by atoms with Gasteiger partial charge < -0.3 is 20.3 Å². The number of hydrogen-bond acceptors (Lipinski definition) is 8. The van der Waals surface area contributed by atoms with E-state index in [-0.39, 0.29) is 22.4 Å². The highest BCUT2D eigenvalue weighted by Crippen LogP contribution is 2.40. The third-order valence-corrected chi connectivity index (χ3v) is 9.31. The zero-order valence-electron chi connectivity index (χ0n) is 23.7. The number of nitrogens with zero attached hydrogens (tertiary/aromatic N) is 1. The van der Waals surface area contributed by atoms with Crippen LogP contribution in [0, 0.1) is 17.7 Å². The molecule has 8 nitrogen and oxygen atoms in total. The maximum Gasteiger partial charge on any atom is 0.393 e. The summed E-state index contributed by atoms with van der Waals surface area (Å²) in [7, 11) is -2.96. The van der Waals surface area contributed by atoms with Crippen molar-refractivity contribution in [3.8, 4) is 17.6 Å². The molecule has 3 N–H and O–H groups in total. The van der Waals surface area contributed by atoms with Crippen LogP contribution >= 0.6 is 11.3 Å². The van der Waals surface area contributed by atoms with Crippen molar-refractivity contribution in [2.24, 2.45) is 0 Å². The number of benzene rings is 2. The average Bonchev–Trinajstić information content (AvgIpc) is 3.25. The van der Waals surface area contributed by atoms with Crippen LogP contribution in [-0.2, 0) is 21.2 Å². The molecule has 1 aliphatic heterocycles. The number of thiophene rings is 1. The summed E-state index contributed by atoms with van der Waals surface area (Å²) in [6, 6.07) is 5.18. The number of piperidine rings is 1. The molecular weight excluding hydrogens is 653 g/mol. The highest BCUT2D eigenvalue weighted by atomic mass is 32.2. The summed E-state index contributed by atoms with van der Waals surface area (Å²) >= 11 is 0.970. The first-order valence-electron chi connectivity index (χ1n) is 13.3. The number of rotatable bonds is 9. The summed E-state index contributed by atoms with van der Waals surface area (Å²) in [4.78, 5) is 12.0. The molecule has 244 valence electrons. The number of sulfonamides is 1. The van der Waals surface area contributed by atoms with Crippen molar-refractivity contribution in [1.29, 1.82) is 0 Å². The van der Waals surface area contributed by atoms with E-state index in [4.69, 9.17) is 0 Å². The quantitative estimate of drug-likeness (QED) is 0.203. The molecule has 45 heavy (non-hydrogen) atoms. The molecule has 2 unspecified atom stereocenters. The Morgan fingerprint density at radius 2 is 1.96 bits per heavy atom. The van der Waals surface area contributed by atoms with E-state index in [9.17, 15) is 43.9 Å². The van der Waals surface area contributed by atoms with Crippen molar-refractivity contribution in [1.82, 2.24) is 9.62 Å². The van der Waals surface area contributed by atoms with Crippen molar-refractivity contribution < 1.29 is 48.7 Å². The zero-order chi connectivity index (χ0) is 33.1. The molecule has 0 spiro atoms. The first-order chi connectivity index (χ1) is 21.0. The fourth-order valence-corrected chi connectivity index (χ4v) is 7.00. The molecule has 0 radical (unpaired) electrons. The second-order valence-corrected chi connectivity index (χ2v) is 12.8. The minimum Gasteiger partial charge on any atom is -0.433 e. The molecule has 1 aromatic heterocycles. The zero-order valence-corrected chi connectivity index (χ0v) is 25.3. The third-order valence-electron chi connectivity index (χ3n) is 6.67. The fraction of sp³-hybridized carbons (Fsp3) is 0.393. The monoisotopic (exact) mass is 680 g/mol. The molecule has 1 saturated heterocycles. The van der Waals surface area contributed by atoms with E-state index < -0.39 is 76.0 Å². The number of halogens is 7. The molecule has 1 fully saturated rings. The summed E-state index contributed by atoms with van der Waals surface area (Å²) in [5, 5.41) is 5.91. The van der Waals surface area contributed by atoms with Gasteiger partial charge in [0, 0.05) is 32.1 Å². The van der Waals surface area contributed by atoms with Gasteiger partial charge in [-0.05, 0) is 30.5 Å². The Morgan fingerprint density at radius 1 is 1.22 bits per heavy atom. The van der Waals surface area contributed by atoms with Crippen molar-refractivity contribution >= 4 is 48.7 Å². The van der Waals surface area contributed by atoms with E-state index in [1.165, 1.54) is 10.8 Å². The summed E-state index contributed by atoms with van der Waals surface area (Å²) in [5.74, 6) is 1.98. The van der Waals surface area contributed by atoms with Crippen LogP contribution in [0.15, 0.2) is 35.2 Å².